The summed E-state index contributed by atoms with van der Waals surface area (Å²) >= 11 is 0. The molecule has 1 aliphatic heterocycles. The Kier molecular flexibility index (Phi) is 9.62. The Labute approximate surface area is 258 Å². The zero-order chi connectivity index (χ0) is 31.1. The summed E-state index contributed by atoms with van der Waals surface area (Å²) in [5.41, 5.74) is 2.80. The van der Waals surface area contributed by atoms with Gasteiger partial charge in [-0.2, -0.15) is 4.31 Å². The monoisotopic (exact) mass is 613 g/mol. The maximum atomic E-state index is 14.0. The number of nitrogens with one attached hydrogen (secondary N) is 1. The van der Waals surface area contributed by atoms with Gasteiger partial charge in [-0.3, -0.25) is 9.59 Å². The van der Waals surface area contributed by atoms with Crippen LogP contribution in [0, 0.1) is 6.92 Å². The molecule has 9 nitrogen and oxygen atoms in total. The lowest BCUT2D eigenvalue weighted by atomic mass is 10.1. The molecule has 0 radical (unpaired) electrons. The van der Waals surface area contributed by atoms with Crippen LogP contribution in [0.3, 0.4) is 0 Å². The van der Waals surface area contributed by atoms with Gasteiger partial charge >= 0.3 is 0 Å². The molecule has 1 heterocycles. The molecule has 5 rings (SSSR count). The van der Waals surface area contributed by atoms with E-state index in [-0.39, 0.29) is 23.9 Å². The zero-order valence-corrected chi connectivity index (χ0v) is 25.5. The van der Waals surface area contributed by atoms with E-state index in [2.05, 4.69) is 5.32 Å². The number of rotatable bonds is 11. The SMILES string of the molecule is CCOc1ccc(S(=O)(=O)N(CC(=O)N2C[C@@H](C(=O)NCc3ccccc3)Oc3ccccc32)Cc2ccccc2)cc1C. The third-order valence-electron chi connectivity index (χ3n) is 7.27. The Morgan fingerprint density at radius 2 is 1.59 bits per heavy atom. The van der Waals surface area contributed by atoms with E-state index in [1.54, 1.807) is 43.3 Å². The first-order valence-corrected chi connectivity index (χ1v) is 15.9. The molecule has 228 valence electrons. The Hall–Kier alpha value is -4.67. The summed E-state index contributed by atoms with van der Waals surface area (Å²) < 4.78 is 40.8. The molecule has 1 aliphatic rings. The van der Waals surface area contributed by atoms with E-state index < -0.39 is 28.6 Å². The summed E-state index contributed by atoms with van der Waals surface area (Å²) in [6.07, 6.45) is -0.981. The number of carbonyl (C=O) groups excluding carboxylic acids is 2. The van der Waals surface area contributed by atoms with Crippen molar-refractivity contribution in [2.24, 2.45) is 0 Å². The van der Waals surface area contributed by atoms with Crippen LogP contribution >= 0.6 is 0 Å². The van der Waals surface area contributed by atoms with Crippen molar-refractivity contribution in [1.29, 1.82) is 0 Å². The first kappa shape index (κ1) is 30.8. The Bertz CT molecular complexity index is 1710. The van der Waals surface area contributed by atoms with Crippen LogP contribution in [0.2, 0.25) is 0 Å². The number of hydrogen-bond donors (Lipinski definition) is 1. The highest BCUT2D eigenvalue weighted by molar-refractivity contribution is 7.89. The number of para-hydroxylation sites is 2. The number of sulfonamides is 1. The molecule has 0 unspecified atom stereocenters. The van der Waals surface area contributed by atoms with Crippen LogP contribution in [0.15, 0.2) is 108 Å². The van der Waals surface area contributed by atoms with E-state index in [1.165, 1.54) is 15.3 Å². The zero-order valence-electron chi connectivity index (χ0n) is 24.7. The maximum absolute atomic E-state index is 14.0. The summed E-state index contributed by atoms with van der Waals surface area (Å²) in [5, 5.41) is 2.88. The molecule has 4 aromatic rings. The number of hydrogen-bond acceptors (Lipinski definition) is 6. The highest BCUT2D eigenvalue weighted by Gasteiger charge is 2.36. The standard InChI is InChI=1S/C34H35N3O6S/c1-3-42-30-19-18-28(20-25(30)2)44(40,41)36(22-27-14-8-5-9-15-27)24-33(38)37-23-32(43-31-17-11-10-16-29(31)37)34(39)35-21-26-12-6-4-7-13-26/h4-20,32H,3,21-24H2,1-2H3,(H,35,39)/t32-/m0/s1. The molecule has 0 fully saturated rings. The van der Waals surface area contributed by atoms with Crippen LogP contribution in [0.4, 0.5) is 5.69 Å². The number of fused-ring (bicyclic) bond motifs is 1. The molecular weight excluding hydrogens is 578 g/mol. The molecule has 2 amide bonds. The molecule has 0 saturated heterocycles. The van der Waals surface area contributed by atoms with E-state index in [0.717, 1.165) is 11.1 Å². The van der Waals surface area contributed by atoms with E-state index >= 15 is 0 Å². The molecule has 0 aromatic heterocycles. The summed E-state index contributed by atoms with van der Waals surface area (Å²) in [5.74, 6) is 0.105. The molecular formula is C34H35N3O6S. The lowest BCUT2D eigenvalue weighted by Gasteiger charge is -2.35. The van der Waals surface area contributed by atoms with E-state index in [4.69, 9.17) is 9.47 Å². The molecule has 44 heavy (non-hydrogen) atoms. The van der Waals surface area contributed by atoms with Gasteiger partial charge in [-0.05, 0) is 60.9 Å². The van der Waals surface area contributed by atoms with Crippen molar-refractivity contribution < 1.29 is 27.5 Å². The minimum absolute atomic E-state index is 0.0197. The number of benzene rings is 4. The topological polar surface area (TPSA) is 105 Å². The molecule has 4 aromatic carbocycles. The van der Waals surface area contributed by atoms with Crippen LogP contribution in [0.1, 0.15) is 23.6 Å². The smallest absolute Gasteiger partial charge is 0.263 e. The second-order valence-electron chi connectivity index (χ2n) is 10.4. The average molecular weight is 614 g/mol. The average Bonchev–Trinajstić information content (AvgIpc) is 3.04. The second-order valence-corrected chi connectivity index (χ2v) is 12.3. The second kappa shape index (κ2) is 13.7. The number of amides is 2. The number of carbonyl (C=O) groups is 2. The van der Waals surface area contributed by atoms with E-state index in [1.807, 2.05) is 67.6 Å². The summed E-state index contributed by atoms with van der Waals surface area (Å²) in [6.45, 7) is 3.86. The number of anilines is 1. The minimum Gasteiger partial charge on any atom is -0.494 e. The molecule has 10 heteroatoms. The molecule has 1 N–H and O–H groups in total. The lowest BCUT2D eigenvalue weighted by molar-refractivity contribution is -0.128. The third kappa shape index (κ3) is 7.10. The van der Waals surface area contributed by atoms with E-state index in [0.29, 0.717) is 35.9 Å². The third-order valence-corrected chi connectivity index (χ3v) is 9.06. The van der Waals surface area contributed by atoms with Crippen LogP contribution in [0.5, 0.6) is 11.5 Å². The fourth-order valence-corrected chi connectivity index (χ4v) is 6.47. The van der Waals surface area contributed by atoms with Crippen molar-refractivity contribution >= 4 is 27.5 Å². The quantitative estimate of drug-likeness (QED) is 0.263. The minimum atomic E-state index is -4.11. The van der Waals surface area contributed by atoms with Crippen molar-refractivity contribution in [3.05, 3.63) is 120 Å². The highest BCUT2D eigenvalue weighted by Crippen LogP contribution is 2.34. The van der Waals surface area contributed by atoms with Crippen LogP contribution < -0.4 is 19.7 Å². The van der Waals surface area contributed by atoms with Gasteiger partial charge in [0.2, 0.25) is 15.9 Å². The van der Waals surface area contributed by atoms with Gasteiger partial charge in [-0.1, -0.05) is 72.8 Å². The van der Waals surface area contributed by atoms with Crippen molar-refractivity contribution in [3.63, 3.8) is 0 Å². The largest absolute Gasteiger partial charge is 0.494 e. The molecule has 0 saturated carbocycles. The Morgan fingerprint density at radius 3 is 2.27 bits per heavy atom. The van der Waals surface area contributed by atoms with Crippen LogP contribution in [0.25, 0.3) is 0 Å². The summed E-state index contributed by atoms with van der Waals surface area (Å²) in [6, 6.07) is 30.2. The summed E-state index contributed by atoms with van der Waals surface area (Å²) in [4.78, 5) is 28.7. The summed E-state index contributed by atoms with van der Waals surface area (Å²) in [7, 11) is -4.11. The van der Waals surface area contributed by atoms with Crippen LogP contribution in [-0.4, -0.2) is 50.3 Å². The lowest BCUT2D eigenvalue weighted by Crippen LogP contribution is -2.52. The van der Waals surface area contributed by atoms with Crippen molar-refractivity contribution in [2.45, 2.75) is 37.9 Å². The fraction of sp³-hybridized carbons (Fsp3) is 0.235. The maximum Gasteiger partial charge on any atom is 0.263 e. The van der Waals surface area contributed by atoms with Gasteiger partial charge in [0.25, 0.3) is 5.91 Å². The molecule has 0 bridgehead atoms. The number of ether oxygens (including phenoxy) is 2. The normalized spacial score (nSPS) is 14.4. The Morgan fingerprint density at radius 1 is 0.932 bits per heavy atom. The van der Waals surface area contributed by atoms with E-state index in [9.17, 15) is 18.0 Å². The number of nitrogens with zero attached hydrogens (tertiary/aromatic N) is 2. The van der Waals surface area contributed by atoms with Gasteiger partial charge in [0, 0.05) is 13.1 Å². The van der Waals surface area contributed by atoms with Gasteiger partial charge in [-0.25, -0.2) is 8.42 Å². The number of aryl methyl sites for hydroxylation is 1. The van der Waals surface area contributed by atoms with Gasteiger partial charge in [0.15, 0.2) is 6.10 Å². The van der Waals surface area contributed by atoms with Gasteiger partial charge in [0.05, 0.1) is 30.3 Å². The molecule has 0 spiro atoms. The highest BCUT2D eigenvalue weighted by atomic mass is 32.2. The predicted molar refractivity (Wildman–Crippen MR) is 168 cm³/mol. The van der Waals surface area contributed by atoms with Crippen LogP contribution in [-0.2, 0) is 32.7 Å². The van der Waals surface area contributed by atoms with Crippen molar-refractivity contribution in [1.82, 2.24) is 9.62 Å². The van der Waals surface area contributed by atoms with Crippen molar-refractivity contribution in [3.8, 4) is 11.5 Å². The van der Waals surface area contributed by atoms with Gasteiger partial charge in [-0.15, -0.1) is 0 Å². The first-order valence-electron chi connectivity index (χ1n) is 14.4. The van der Waals surface area contributed by atoms with Gasteiger partial charge in [0.1, 0.15) is 11.5 Å². The predicted octanol–water partition coefficient (Wildman–Crippen LogP) is 4.70. The molecule has 0 aliphatic carbocycles. The Balaban J connectivity index is 1.41. The molecule has 1 atom stereocenters. The fourth-order valence-electron chi connectivity index (χ4n) is 5.00. The first-order chi connectivity index (χ1) is 21.3. The van der Waals surface area contributed by atoms with Crippen molar-refractivity contribution in [2.75, 3.05) is 24.6 Å². The van der Waals surface area contributed by atoms with Gasteiger partial charge < -0.3 is 19.7 Å².